The van der Waals surface area contributed by atoms with Gasteiger partial charge in [0.2, 0.25) is 0 Å². The number of amides is 1. The van der Waals surface area contributed by atoms with Crippen molar-refractivity contribution in [2.75, 3.05) is 0 Å². The molecule has 2 N–H and O–H groups in total. The molecule has 5 aromatic rings. The molecule has 0 bridgehead atoms. The number of hydrogen-bond donors (Lipinski definition) is 2. The zero-order valence-electron chi connectivity index (χ0n) is 17.7. The van der Waals surface area contributed by atoms with E-state index in [4.69, 9.17) is 0 Å². The average Bonchev–Trinajstić information content (AvgIpc) is 3.35. The Morgan fingerprint density at radius 3 is 2.33 bits per heavy atom. The Bertz CT molecular complexity index is 1460. The lowest BCUT2D eigenvalue weighted by atomic mass is 10.1. The van der Waals surface area contributed by atoms with Crippen molar-refractivity contribution in [2.24, 2.45) is 0 Å². The SMILES string of the molecule is O=C(c1cc(-c2ccccc2)n[nH]1)N(Cc1ccccc1)Cc1nc2ccccc2c(=O)[nH]1. The van der Waals surface area contributed by atoms with Crippen LogP contribution < -0.4 is 5.56 Å². The van der Waals surface area contributed by atoms with Crippen LogP contribution in [-0.2, 0) is 13.1 Å². The van der Waals surface area contributed by atoms with Crippen molar-refractivity contribution < 1.29 is 4.79 Å². The molecule has 33 heavy (non-hydrogen) atoms. The highest BCUT2D eigenvalue weighted by atomic mass is 16.2. The largest absolute Gasteiger partial charge is 0.326 e. The van der Waals surface area contributed by atoms with E-state index in [1.807, 2.05) is 66.7 Å². The van der Waals surface area contributed by atoms with E-state index < -0.39 is 0 Å². The zero-order chi connectivity index (χ0) is 22.6. The highest BCUT2D eigenvalue weighted by molar-refractivity contribution is 5.93. The lowest BCUT2D eigenvalue weighted by Crippen LogP contribution is -2.32. The van der Waals surface area contributed by atoms with Crippen molar-refractivity contribution >= 4 is 16.8 Å². The number of para-hydroxylation sites is 1. The van der Waals surface area contributed by atoms with E-state index in [-0.39, 0.29) is 18.0 Å². The first-order chi connectivity index (χ1) is 16.2. The van der Waals surface area contributed by atoms with E-state index >= 15 is 0 Å². The summed E-state index contributed by atoms with van der Waals surface area (Å²) in [6.07, 6.45) is 0. The van der Waals surface area contributed by atoms with Crippen LogP contribution in [0.25, 0.3) is 22.2 Å². The summed E-state index contributed by atoms with van der Waals surface area (Å²) in [5.74, 6) is 0.190. The molecule has 0 aliphatic heterocycles. The molecule has 2 aromatic heterocycles. The summed E-state index contributed by atoms with van der Waals surface area (Å²) in [4.78, 5) is 35.0. The number of carbonyl (C=O) groups is 1. The highest BCUT2D eigenvalue weighted by Gasteiger charge is 2.21. The third kappa shape index (κ3) is 4.43. The van der Waals surface area contributed by atoms with Gasteiger partial charge >= 0.3 is 0 Å². The van der Waals surface area contributed by atoms with Gasteiger partial charge in [0.15, 0.2) is 0 Å². The van der Waals surface area contributed by atoms with Gasteiger partial charge in [0, 0.05) is 12.1 Å². The second-order valence-corrected chi connectivity index (χ2v) is 7.71. The molecule has 0 aliphatic carbocycles. The van der Waals surface area contributed by atoms with Crippen LogP contribution in [0.3, 0.4) is 0 Å². The smallest absolute Gasteiger partial charge is 0.272 e. The standard InChI is InChI=1S/C26H21N5O2/c32-25-20-13-7-8-14-21(20)27-24(28-25)17-31(16-18-9-3-1-4-10-18)26(33)23-15-22(29-30-23)19-11-5-2-6-12-19/h1-15H,16-17H2,(H,29,30)(H,27,28,32). The Morgan fingerprint density at radius 1 is 0.848 bits per heavy atom. The van der Waals surface area contributed by atoms with E-state index in [0.29, 0.717) is 34.7 Å². The minimum absolute atomic E-state index is 0.146. The molecule has 0 fully saturated rings. The number of rotatable bonds is 6. The summed E-state index contributed by atoms with van der Waals surface area (Å²) < 4.78 is 0. The predicted molar refractivity (Wildman–Crippen MR) is 126 cm³/mol. The first-order valence-corrected chi connectivity index (χ1v) is 10.6. The molecular weight excluding hydrogens is 414 g/mol. The molecule has 0 saturated carbocycles. The fraction of sp³-hybridized carbons (Fsp3) is 0.0769. The number of aromatic amines is 2. The molecule has 1 amide bonds. The van der Waals surface area contributed by atoms with Gasteiger partial charge in [0.05, 0.1) is 23.1 Å². The molecule has 2 heterocycles. The maximum absolute atomic E-state index is 13.5. The number of aromatic nitrogens is 4. The maximum atomic E-state index is 13.5. The van der Waals surface area contributed by atoms with Crippen LogP contribution in [0.2, 0.25) is 0 Å². The third-order valence-electron chi connectivity index (χ3n) is 5.38. The quantitative estimate of drug-likeness (QED) is 0.419. The van der Waals surface area contributed by atoms with Crippen LogP contribution in [0, 0.1) is 0 Å². The molecule has 0 unspecified atom stereocenters. The molecule has 0 spiro atoms. The second-order valence-electron chi connectivity index (χ2n) is 7.71. The Labute approximate surface area is 189 Å². The number of nitrogens with one attached hydrogen (secondary N) is 2. The molecule has 7 heteroatoms. The summed E-state index contributed by atoms with van der Waals surface area (Å²) in [5.41, 5.74) is 3.32. The molecule has 0 radical (unpaired) electrons. The predicted octanol–water partition coefficient (Wildman–Crippen LogP) is 4.16. The molecule has 3 aromatic carbocycles. The fourth-order valence-corrected chi connectivity index (χ4v) is 3.75. The number of H-pyrrole nitrogens is 2. The molecule has 5 rings (SSSR count). The minimum Gasteiger partial charge on any atom is -0.326 e. The molecule has 7 nitrogen and oxygen atoms in total. The van der Waals surface area contributed by atoms with Gasteiger partial charge in [-0.2, -0.15) is 5.10 Å². The van der Waals surface area contributed by atoms with Gasteiger partial charge in [-0.25, -0.2) is 4.98 Å². The van der Waals surface area contributed by atoms with Crippen LogP contribution in [0.4, 0.5) is 0 Å². The number of carbonyl (C=O) groups excluding carboxylic acids is 1. The van der Waals surface area contributed by atoms with Crippen LogP contribution in [-0.4, -0.2) is 31.0 Å². The first kappa shape index (κ1) is 20.4. The van der Waals surface area contributed by atoms with Crippen LogP contribution in [0.15, 0.2) is 95.8 Å². The Kier molecular flexibility index (Phi) is 5.51. The topological polar surface area (TPSA) is 94.7 Å². The van der Waals surface area contributed by atoms with Gasteiger partial charge in [0.25, 0.3) is 11.5 Å². The average molecular weight is 435 g/mol. The van der Waals surface area contributed by atoms with Crippen LogP contribution in [0.1, 0.15) is 21.9 Å². The van der Waals surface area contributed by atoms with Crippen LogP contribution in [0.5, 0.6) is 0 Å². The number of fused-ring (bicyclic) bond motifs is 1. The van der Waals surface area contributed by atoms with E-state index in [1.165, 1.54) is 0 Å². The van der Waals surface area contributed by atoms with Crippen molar-refractivity contribution in [1.82, 2.24) is 25.1 Å². The summed E-state index contributed by atoms with van der Waals surface area (Å²) in [5, 5.41) is 7.69. The van der Waals surface area contributed by atoms with Gasteiger partial charge in [-0.15, -0.1) is 0 Å². The van der Waals surface area contributed by atoms with Crippen molar-refractivity contribution in [1.29, 1.82) is 0 Å². The van der Waals surface area contributed by atoms with Gasteiger partial charge < -0.3 is 9.88 Å². The third-order valence-corrected chi connectivity index (χ3v) is 5.38. The van der Waals surface area contributed by atoms with E-state index in [1.54, 1.807) is 29.2 Å². The molecule has 0 atom stereocenters. The van der Waals surface area contributed by atoms with Crippen molar-refractivity contribution in [3.63, 3.8) is 0 Å². The monoisotopic (exact) mass is 435 g/mol. The zero-order valence-corrected chi connectivity index (χ0v) is 17.7. The van der Waals surface area contributed by atoms with E-state index in [9.17, 15) is 9.59 Å². The number of hydrogen-bond acceptors (Lipinski definition) is 4. The number of benzene rings is 3. The lowest BCUT2D eigenvalue weighted by molar-refractivity contribution is 0.0719. The van der Waals surface area contributed by atoms with Crippen LogP contribution >= 0.6 is 0 Å². The molecule has 0 aliphatic rings. The highest BCUT2D eigenvalue weighted by Crippen LogP contribution is 2.19. The second kappa shape index (κ2) is 8.92. The molecule has 162 valence electrons. The Morgan fingerprint density at radius 2 is 1.55 bits per heavy atom. The van der Waals surface area contributed by atoms with E-state index in [2.05, 4.69) is 20.2 Å². The van der Waals surface area contributed by atoms with Crippen molar-refractivity contribution in [3.8, 4) is 11.3 Å². The first-order valence-electron chi connectivity index (χ1n) is 10.6. The molecule has 0 saturated heterocycles. The van der Waals surface area contributed by atoms with Gasteiger partial charge in [0.1, 0.15) is 11.5 Å². The summed E-state index contributed by atoms with van der Waals surface area (Å²) >= 11 is 0. The lowest BCUT2D eigenvalue weighted by Gasteiger charge is -2.22. The maximum Gasteiger partial charge on any atom is 0.272 e. The fourth-order valence-electron chi connectivity index (χ4n) is 3.75. The number of nitrogens with zero attached hydrogens (tertiary/aromatic N) is 3. The van der Waals surface area contributed by atoms with Gasteiger partial charge in [-0.3, -0.25) is 14.7 Å². The summed E-state index contributed by atoms with van der Waals surface area (Å²) in [7, 11) is 0. The minimum atomic E-state index is -0.232. The van der Waals surface area contributed by atoms with Crippen molar-refractivity contribution in [2.45, 2.75) is 13.1 Å². The molecular formula is C26H21N5O2. The van der Waals surface area contributed by atoms with Gasteiger partial charge in [-0.1, -0.05) is 72.8 Å². The van der Waals surface area contributed by atoms with Crippen molar-refractivity contribution in [3.05, 3.63) is 118 Å². The Balaban J connectivity index is 1.48. The normalized spacial score (nSPS) is 10.9. The summed E-state index contributed by atoms with van der Waals surface area (Å²) in [6, 6.07) is 28.3. The summed E-state index contributed by atoms with van der Waals surface area (Å²) in [6.45, 7) is 0.503. The Hall–Kier alpha value is -4.52. The van der Waals surface area contributed by atoms with E-state index in [0.717, 1.165) is 11.1 Å². The van der Waals surface area contributed by atoms with Gasteiger partial charge in [-0.05, 0) is 23.8 Å².